The molecule has 2 aromatic carbocycles. The molecule has 4 nitrogen and oxygen atoms in total. The molecule has 1 aromatic heterocycles. The van der Waals surface area contributed by atoms with E-state index < -0.39 is 0 Å². The highest BCUT2D eigenvalue weighted by molar-refractivity contribution is 6.30. The number of para-hydroxylation sites is 1. The van der Waals surface area contributed by atoms with Gasteiger partial charge in [-0.25, -0.2) is 4.98 Å². The van der Waals surface area contributed by atoms with Crippen LogP contribution >= 0.6 is 11.6 Å². The van der Waals surface area contributed by atoms with Crippen LogP contribution in [0.15, 0.2) is 42.5 Å². The van der Waals surface area contributed by atoms with Crippen LogP contribution in [0, 0.1) is 6.92 Å². The second kappa shape index (κ2) is 6.30. The maximum Gasteiger partial charge on any atom is 0.231 e. The fraction of sp³-hybridized carbons (Fsp3) is 0.211. The molecule has 0 saturated heterocycles. The third-order valence-corrected chi connectivity index (χ3v) is 4.48. The van der Waals surface area contributed by atoms with E-state index in [1.165, 1.54) is 0 Å². The Balaban J connectivity index is 1.48. The van der Waals surface area contributed by atoms with Crippen molar-refractivity contribution in [2.75, 3.05) is 6.79 Å². The highest BCUT2D eigenvalue weighted by Crippen LogP contribution is 2.32. The lowest BCUT2D eigenvalue weighted by atomic mass is 10.1. The fourth-order valence-electron chi connectivity index (χ4n) is 2.88. The molecular weight excluding hydrogens is 324 g/mol. The Morgan fingerprint density at radius 1 is 1.08 bits per heavy atom. The first kappa shape index (κ1) is 15.2. The summed E-state index contributed by atoms with van der Waals surface area (Å²) in [6.45, 7) is 3.72. The van der Waals surface area contributed by atoms with Crippen molar-refractivity contribution < 1.29 is 9.47 Å². The normalized spacial score (nSPS) is 12.8. The van der Waals surface area contributed by atoms with Crippen LogP contribution < -0.4 is 14.8 Å². The maximum absolute atomic E-state index is 6.35. The standard InChI is InChI=1S/C19H17ClN2O2/c1-12-3-2-4-14-8-15(19(20)22-18(12)14)10-21-9-13-5-6-16-17(7-13)24-11-23-16/h2-8,21H,9-11H2,1H3. The number of nitrogens with zero attached hydrogens (tertiary/aromatic N) is 1. The summed E-state index contributed by atoms with van der Waals surface area (Å²) >= 11 is 6.35. The third kappa shape index (κ3) is 2.90. The molecular formula is C19H17ClN2O2. The van der Waals surface area contributed by atoms with E-state index in [4.69, 9.17) is 21.1 Å². The molecule has 0 amide bonds. The summed E-state index contributed by atoms with van der Waals surface area (Å²) in [5.74, 6) is 1.60. The highest BCUT2D eigenvalue weighted by Gasteiger charge is 2.13. The van der Waals surface area contributed by atoms with E-state index >= 15 is 0 Å². The van der Waals surface area contributed by atoms with Crippen molar-refractivity contribution in [3.63, 3.8) is 0 Å². The molecule has 1 aliphatic rings. The monoisotopic (exact) mass is 340 g/mol. The first-order valence-electron chi connectivity index (χ1n) is 7.85. The van der Waals surface area contributed by atoms with Crippen LogP contribution in [0.25, 0.3) is 10.9 Å². The summed E-state index contributed by atoms with van der Waals surface area (Å²) < 4.78 is 10.7. The van der Waals surface area contributed by atoms with Crippen molar-refractivity contribution in [1.29, 1.82) is 0 Å². The smallest absolute Gasteiger partial charge is 0.231 e. The molecule has 0 bridgehead atoms. The van der Waals surface area contributed by atoms with Gasteiger partial charge in [-0.15, -0.1) is 0 Å². The predicted molar refractivity (Wildman–Crippen MR) is 94.6 cm³/mol. The fourth-order valence-corrected chi connectivity index (χ4v) is 3.09. The summed E-state index contributed by atoms with van der Waals surface area (Å²) in [6, 6.07) is 14.2. The highest BCUT2D eigenvalue weighted by atomic mass is 35.5. The molecule has 4 rings (SSSR count). The molecule has 1 aliphatic heterocycles. The lowest BCUT2D eigenvalue weighted by Crippen LogP contribution is -2.13. The summed E-state index contributed by atoms with van der Waals surface area (Å²) in [4.78, 5) is 4.54. The van der Waals surface area contributed by atoms with Crippen LogP contribution in [0.5, 0.6) is 11.5 Å². The summed E-state index contributed by atoms with van der Waals surface area (Å²) in [5, 5.41) is 5.07. The Morgan fingerprint density at radius 3 is 2.88 bits per heavy atom. The summed E-state index contributed by atoms with van der Waals surface area (Å²) in [7, 11) is 0. The van der Waals surface area contributed by atoms with Crippen LogP contribution in [0.1, 0.15) is 16.7 Å². The van der Waals surface area contributed by atoms with Crippen molar-refractivity contribution in [3.8, 4) is 11.5 Å². The number of aromatic nitrogens is 1. The van der Waals surface area contributed by atoms with Crippen LogP contribution in [-0.4, -0.2) is 11.8 Å². The van der Waals surface area contributed by atoms with Gasteiger partial charge < -0.3 is 14.8 Å². The zero-order valence-corrected chi connectivity index (χ0v) is 14.1. The predicted octanol–water partition coefficient (Wildman–Crippen LogP) is 4.22. The second-order valence-corrected chi connectivity index (χ2v) is 6.23. The molecule has 2 heterocycles. The molecule has 0 radical (unpaired) electrons. The van der Waals surface area contributed by atoms with E-state index in [1.54, 1.807) is 0 Å². The quantitative estimate of drug-likeness (QED) is 0.722. The molecule has 0 atom stereocenters. The molecule has 0 fully saturated rings. The Labute approximate surface area is 145 Å². The van der Waals surface area contributed by atoms with Crippen LogP contribution in [0.3, 0.4) is 0 Å². The number of benzene rings is 2. The van der Waals surface area contributed by atoms with Crippen molar-refractivity contribution in [2.24, 2.45) is 0 Å². The second-order valence-electron chi connectivity index (χ2n) is 5.88. The van der Waals surface area contributed by atoms with E-state index in [-0.39, 0.29) is 0 Å². The number of hydrogen-bond donors (Lipinski definition) is 1. The maximum atomic E-state index is 6.35. The van der Waals surface area contributed by atoms with Crippen LogP contribution in [0.4, 0.5) is 0 Å². The van der Waals surface area contributed by atoms with Crippen molar-refractivity contribution >= 4 is 22.5 Å². The lowest BCUT2D eigenvalue weighted by molar-refractivity contribution is 0.174. The van der Waals surface area contributed by atoms with Gasteiger partial charge in [0.15, 0.2) is 11.5 Å². The van der Waals surface area contributed by atoms with Gasteiger partial charge in [-0.2, -0.15) is 0 Å². The summed E-state index contributed by atoms with van der Waals surface area (Å²) in [6.07, 6.45) is 0. The Kier molecular flexibility index (Phi) is 4.00. The van der Waals surface area contributed by atoms with E-state index in [9.17, 15) is 0 Å². The van der Waals surface area contributed by atoms with Crippen molar-refractivity contribution in [1.82, 2.24) is 10.3 Å². The third-order valence-electron chi connectivity index (χ3n) is 4.16. The first-order chi connectivity index (χ1) is 11.7. The number of aryl methyl sites for hydroxylation is 1. The molecule has 0 saturated carbocycles. The average Bonchev–Trinajstić information content (AvgIpc) is 3.04. The molecule has 24 heavy (non-hydrogen) atoms. The number of nitrogens with one attached hydrogen (secondary N) is 1. The van der Waals surface area contributed by atoms with Gasteiger partial charge in [0.2, 0.25) is 6.79 Å². The molecule has 0 spiro atoms. The number of halogens is 1. The number of fused-ring (bicyclic) bond motifs is 2. The zero-order chi connectivity index (χ0) is 16.5. The van der Waals surface area contributed by atoms with Gasteiger partial charge in [-0.05, 0) is 36.2 Å². The SMILES string of the molecule is Cc1cccc2cc(CNCc3ccc4c(c3)OCO4)c(Cl)nc12. The molecule has 122 valence electrons. The summed E-state index contributed by atoms with van der Waals surface area (Å²) in [5.41, 5.74) is 4.23. The van der Waals surface area contributed by atoms with E-state index in [0.717, 1.165) is 45.6 Å². The van der Waals surface area contributed by atoms with Crippen molar-refractivity contribution in [2.45, 2.75) is 20.0 Å². The number of ether oxygens (including phenoxy) is 2. The van der Waals surface area contributed by atoms with Gasteiger partial charge in [0.05, 0.1) is 5.52 Å². The molecule has 5 heteroatoms. The van der Waals surface area contributed by atoms with Gasteiger partial charge in [0.25, 0.3) is 0 Å². The number of pyridine rings is 1. The van der Waals surface area contributed by atoms with Gasteiger partial charge in [0.1, 0.15) is 5.15 Å². The molecule has 3 aromatic rings. The number of rotatable bonds is 4. The van der Waals surface area contributed by atoms with Crippen LogP contribution in [-0.2, 0) is 13.1 Å². The Bertz CT molecular complexity index is 911. The minimum atomic E-state index is 0.296. The number of hydrogen-bond acceptors (Lipinski definition) is 4. The average molecular weight is 341 g/mol. The van der Waals surface area contributed by atoms with Crippen molar-refractivity contribution in [3.05, 3.63) is 64.3 Å². The first-order valence-corrected chi connectivity index (χ1v) is 8.22. The van der Waals surface area contributed by atoms with Gasteiger partial charge >= 0.3 is 0 Å². The van der Waals surface area contributed by atoms with Gasteiger partial charge in [-0.3, -0.25) is 0 Å². The zero-order valence-electron chi connectivity index (χ0n) is 13.3. The Morgan fingerprint density at radius 2 is 1.96 bits per heavy atom. The largest absolute Gasteiger partial charge is 0.454 e. The minimum absolute atomic E-state index is 0.296. The van der Waals surface area contributed by atoms with E-state index in [0.29, 0.717) is 18.5 Å². The van der Waals surface area contributed by atoms with Gasteiger partial charge in [0, 0.05) is 24.0 Å². The minimum Gasteiger partial charge on any atom is -0.454 e. The Hall–Kier alpha value is -2.30. The van der Waals surface area contributed by atoms with Crippen LogP contribution in [0.2, 0.25) is 5.15 Å². The topological polar surface area (TPSA) is 43.4 Å². The lowest BCUT2D eigenvalue weighted by Gasteiger charge is -2.09. The molecule has 0 unspecified atom stereocenters. The van der Waals surface area contributed by atoms with E-state index in [1.807, 2.05) is 37.3 Å². The van der Waals surface area contributed by atoms with Gasteiger partial charge in [-0.1, -0.05) is 35.9 Å². The molecule has 0 aliphatic carbocycles. The molecule has 1 N–H and O–H groups in total. The van der Waals surface area contributed by atoms with E-state index in [2.05, 4.69) is 22.4 Å².